The van der Waals surface area contributed by atoms with Gasteiger partial charge in [0.25, 0.3) is 5.56 Å². The van der Waals surface area contributed by atoms with Gasteiger partial charge in [-0.3, -0.25) is 4.79 Å². The van der Waals surface area contributed by atoms with Crippen molar-refractivity contribution in [1.82, 2.24) is 4.98 Å². The fraction of sp³-hybridized carbons (Fsp3) is 0.286. The highest BCUT2D eigenvalue weighted by Gasteiger charge is 2.39. The number of nitrogens with one attached hydrogen (secondary N) is 1. The van der Waals surface area contributed by atoms with Crippen molar-refractivity contribution in [3.8, 4) is 0 Å². The number of halogens is 3. The lowest BCUT2D eigenvalue weighted by molar-refractivity contribution is -0.149. The molecule has 0 fully saturated rings. The summed E-state index contributed by atoms with van der Waals surface area (Å²) in [5.41, 5.74) is 3.54. The molecular weight excluding hydrogens is 185 g/mol. The molecule has 72 valence electrons. The molecule has 3 N–H and O–H groups in total. The van der Waals surface area contributed by atoms with Crippen LogP contribution in [0.3, 0.4) is 0 Å². The second kappa shape index (κ2) is 3.21. The van der Waals surface area contributed by atoms with Crippen molar-refractivity contribution in [3.05, 3.63) is 34.2 Å². The lowest BCUT2D eigenvalue weighted by atomic mass is 10.1. The first-order chi connectivity index (χ1) is 5.93. The largest absolute Gasteiger partial charge is 0.407 e. The van der Waals surface area contributed by atoms with Gasteiger partial charge in [-0.05, 0) is 6.07 Å². The van der Waals surface area contributed by atoms with Gasteiger partial charge in [-0.25, -0.2) is 0 Å². The molecule has 0 aromatic carbocycles. The van der Waals surface area contributed by atoms with Gasteiger partial charge in [-0.15, -0.1) is 0 Å². The first-order valence-corrected chi connectivity index (χ1v) is 3.43. The van der Waals surface area contributed by atoms with Gasteiger partial charge in [0.2, 0.25) is 0 Å². The highest BCUT2D eigenvalue weighted by molar-refractivity contribution is 5.15. The standard InChI is InChI=1S/C7H7F3N2O/c8-7(9,10)5(11)4-2-1-3-12-6(4)13/h1-3,5H,11H2,(H,12,13)/t5-/m0/s1. The Morgan fingerprint density at radius 2 is 2.08 bits per heavy atom. The monoisotopic (exact) mass is 192 g/mol. The third kappa shape index (κ3) is 2.09. The third-order valence-electron chi connectivity index (χ3n) is 1.54. The van der Waals surface area contributed by atoms with Crippen molar-refractivity contribution in [2.45, 2.75) is 12.2 Å². The van der Waals surface area contributed by atoms with E-state index >= 15 is 0 Å². The molecule has 0 bridgehead atoms. The highest BCUT2D eigenvalue weighted by atomic mass is 19.4. The van der Waals surface area contributed by atoms with Crippen LogP contribution >= 0.6 is 0 Å². The molecule has 0 amide bonds. The van der Waals surface area contributed by atoms with E-state index in [-0.39, 0.29) is 0 Å². The summed E-state index contributed by atoms with van der Waals surface area (Å²) in [6, 6.07) is 0.122. The molecule has 1 aromatic heterocycles. The fourth-order valence-corrected chi connectivity index (χ4v) is 0.856. The topological polar surface area (TPSA) is 58.9 Å². The van der Waals surface area contributed by atoms with Crippen molar-refractivity contribution in [2.75, 3.05) is 0 Å². The second-order valence-corrected chi connectivity index (χ2v) is 2.47. The summed E-state index contributed by atoms with van der Waals surface area (Å²) in [6.45, 7) is 0. The van der Waals surface area contributed by atoms with E-state index in [1.807, 2.05) is 0 Å². The highest BCUT2D eigenvalue weighted by Crippen LogP contribution is 2.28. The Balaban J connectivity index is 3.10. The van der Waals surface area contributed by atoms with Gasteiger partial charge in [0, 0.05) is 11.8 Å². The van der Waals surface area contributed by atoms with Gasteiger partial charge in [0.1, 0.15) is 6.04 Å². The van der Waals surface area contributed by atoms with Crippen molar-refractivity contribution < 1.29 is 13.2 Å². The first-order valence-electron chi connectivity index (χ1n) is 3.43. The van der Waals surface area contributed by atoms with Crippen molar-refractivity contribution >= 4 is 0 Å². The second-order valence-electron chi connectivity index (χ2n) is 2.47. The summed E-state index contributed by atoms with van der Waals surface area (Å²) in [4.78, 5) is 13.0. The predicted octanol–water partition coefficient (Wildman–Crippen LogP) is 0.937. The van der Waals surface area contributed by atoms with Crippen LogP contribution in [0.25, 0.3) is 0 Å². The van der Waals surface area contributed by atoms with E-state index in [9.17, 15) is 18.0 Å². The molecule has 0 saturated carbocycles. The maximum absolute atomic E-state index is 12.0. The van der Waals surface area contributed by atoms with Crippen LogP contribution in [0.5, 0.6) is 0 Å². The Kier molecular flexibility index (Phi) is 2.42. The first kappa shape index (κ1) is 9.79. The van der Waals surface area contributed by atoms with Gasteiger partial charge >= 0.3 is 6.18 Å². The maximum Gasteiger partial charge on any atom is 0.407 e. The van der Waals surface area contributed by atoms with Crippen molar-refractivity contribution in [1.29, 1.82) is 0 Å². The number of H-pyrrole nitrogens is 1. The molecule has 3 nitrogen and oxygen atoms in total. The van der Waals surface area contributed by atoms with E-state index < -0.39 is 23.3 Å². The predicted molar refractivity (Wildman–Crippen MR) is 40.0 cm³/mol. The van der Waals surface area contributed by atoms with Crippen molar-refractivity contribution in [3.63, 3.8) is 0 Å². The number of pyridine rings is 1. The van der Waals surface area contributed by atoms with Gasteiger partial charge in [-0.1, -0.05) is 6.07 Å². The zero-order valence-electron chi connectivity index (χ0n) is 6.43. The van der Waals surface area contributed by atoms with Crippen LogP contribution in [0, 0.1) is 0 Å². The van der Waals surface area contributed by atoms with Crippen LogP contribution in [-0.4, -0.2) is 11.2 Å². The maximum atomic E-state index is 12.0. The molecule has 0 spiro atoms. The smallest absolute Gasteiger partial charge is 0.329 e. The molecule has 13 heavy (non-hydrogen) atoms. The van der Waals surface area contributed by atoms with Crippen LogP contribution in [0.15, 0.2) is 23.1 Å². The normalized spacial score (nSPS) is 14.2. The van der Waals surface area contributed by atoms with E-state index in [4.69, 9.17) is 5.73 Å². The number of hydrogen-bond donors (Lipinski definition) is 2. The summed E-state index contributed by atoms with van der Waals surface area (Å²) >= 11 is 0. The molecule has 0 aliphatic heterocycles. The Labute approximate surface area is 71.4 Å². The lowest BCUT2D eigenvalue weighted by Gasteiger charge is -2.14. The van der Waals surface area contributed by atoms with Crippen LogP contribution in [0.2, 0.25) is 0 Å². The third-order valence-corrected chi connectivity index (χ3v) is 1.54. The molecule has 1 atom stereocenters. The quantitative estimate of drug-likeness (QED) is 0.695. The van der Waals surface area contributed by atoms with E-state index in [0.29, 0.717) is 0 Å². The Morgan fingerprint density at radius 1 is 1.46 bits per heavy atom. The number of rotatable bonds is 1. The fourth-order valence-electron chi connectivity index (χ4n) is 0.856. The summed E-state index contributed by atoms with van der Waals surface area (Å²) in [5.74, 6) is 0. The van der Waals surface area contributed by atoms with Crippen LogP contribution in [0.4, 0.5) is 13.2 Å². The van der Waals surface area contributed by atoms with E-state index in [2.05, 4.69) is 4.98 Å². The number of nitrogens with two attached hydrogens (primary N) is 1. The van der Waals surface area contributed by atoms with Gasteiger partial charge in [0.05, 0.1) is 0 Å². The molecule has 0 unspecified atom stereocenters. The molecule has 6 heteroatoms. The van der Waals surface area contributed by atoms with Gasteiger partial charge in [-0.2, -0.15) is 13.2 Å². The summed E-state index contributed by atoms with van der Waals surface area (Å²) < 4.78 is 36.1. The lowest BCUT2D eigenvalue weighted by Crippen LogP contribution is -2.33. The van der Waals surface area contributed by atoms with Crippen LogP contribution in [-0.2, 0) is 0 Å². The molecule has 0 aliphatic rings. The van der Waals surface area contributed by atoms with Gasteiger partial charge in [0.15, 0.2) is 0 Å². The molecule has 0 radical (unpaired) electrons. The molecular formula is C7H7F3N2O. The average molecular weight is 192 g/mol. The minimum absolute atomic E-state index is 0.477. The zero-order valence-corrected chi connectivity index (χ0v) is 6.43. The van der Waals surface area contributed by atoms with E-state index in [1.165, 1.54) is 12.3 Å². The number of aromatic amines is 1. The average Bonchev–Trinajstić information content (AvgIpc) is 2.02. The summed E-state index contributed by atoms with van der Waals surface area (Å²) in [5, 5.41) is 0. The Hall–Kier alpha value is -1.30. The van der Waals surface area contributed by atoms with Gasteiger partial charge < -0.3 is 10.7 Å². The van der Waals surface area contributed by atoms with Crippen LogP contribution in [0.1, 0.15) is 11.6 Å². The van der Waals surface area contributed by atoms with Crippen molar-refractivity contribution in [2.24, 2.45) is 5.73 Å². The number of hydrogen-bond acceptors (Lipinski definition) is 2. The van der Waals surface area contributed by atoms with E-state index in [1.54, 1.807) is 0 Å². The molecule has 1 rings (SSSR count). The molecule has 1 aromatic rings. The molecule has 0 saturated heterocycles. The number of alkyl halides is 3. The van der Waals surface area contributed by atoms with E-state index in [0.717, 1.165) is 6.07 Å². The van der Waals surface area contributed by atoms with Crippen LogP contribution < -0.4 is 11.3 Å². The Morgan fingerprint density at radius 3 is 2.54 bits per heavy atom. The molecule has 1 heterocycles. The zero-order chi connectivity index (χ0) is 10.1. The minimum atomic E-state index is -4.59. The molecule has 0 aliphatic carbocycles. The number of aromatic nitrogens is 1. The minimum Gasteiger partial charge on any atom is -0.329 e. The summed E-state index contributed by atoms with van der Waals surface area (Å²) in [6.07, 6.45) is -3.34. The summed E-state index contributed by atoms with van der Waals surface area (Å²) in [7, 11) is 0. The SMILES string of the molecule is N[C@@H](c1ccc[nH]c1=O)C(F)(F)F. The Bertz CT molecular complexity index is 344.